The van der Waals surface area contributed by atoms with E-state index < -0.39 is 0 Å². The zero-order valence-corrected chi connectivity index (χ0v) is 9.00. The summed E-state index contributed by atoms with van der Waals surface area (Å²) < 4.78 is 0. The van der Waals surface area contributed by atoms with E-state index in [2.05, 4.69) is 42.9 Å². The summed E-state index contributed by atoms with van der Waals surface area (Å²) in [5.74, 6) is 0. The zero-order valence-electron chi connectivity index (χ0n) is 9.00. The number of rotatable bonds is 7. The molecular formula is C13H20N. The summed E-state index contributed by atoms with van der Waals surface area (Å²) in [6.45, 7) is 3.22. The van der Waals surface area contributed by atoms with E-state index in [9.17, 15) is 0 Å². The lowest BCUT2D eigenvalue weighted by atomic mass is 10.1. The molecule has 14 heavy (non-hydrogen) atoms. The van der Waals surface area contributed by atoms with E-state index in [0.29, 0.717) is 0 Å². The third-order valence-electron chi connectivity index (χ3n) is 2.27. The molecule has 77 valence electrons. The van der Waals surface area contributed by atoms with Crippen molar-refractivity contribution < 1.29 is 0 Å². The van der Waals surface area contributed by atoms with Crippen LogP contribution in [0.2, 0.25) is 0 Å². The van der Waals surface area contributed by atoms with Crippen LogP contribution >= 0.6 is 0 Å². The number of nitrogens with one attached hydrogen (secondary N) is 1. The lowest BCUT2D eigenvalue weighted by Gasteiger charge is -2.05. The van der Waals surface area contributed by atoms with Gasteiger partial charge >= 0.3 is 0 Å². The molecule has 1 aromatic carbocycles. The third-order valence-corrected chi connectivity index (χ3v) is 2.27. The summed E-state index contributed by atoms with van der Waals surface area (Å²) in [6.07, 6.45) is 7.41. The highest BCUT2D eigenvalue weighted by Crippen LogP contribution is 2.06. The van der Waals surface area contributed by atoms with E-state index in [1.165, 1.54) is 31.4 Å². The Morgan fingerprint density at radius 3 is 2.57 bits per heavy atom. The molecule has 0 aromatic heterocycles. The number of hydrogen-bond donors (Lipinski definition) is 1. The van der Waals surface area contributed by atoms with Gasteiger partial charge in [-0.05, 0) is 25.0 Å². The fraction of sp³-hybridized carbons (Fsp3) is 0.462. The number of anilines is 1. The molecule has 0 aliphatic heterocycles. The molecule has 0 heterocycles. The summed E-state index contributed by atoms with van der Waals surface area (Å²) in [4.78, 5) is 0. The normalized spacial score (nSPS) is 10.1. The van der Waals surface area contributed by atoms with Gasteiger partial charge in [-0.25, -0.2) is 0 Å². The number of unbranched alkanes of at least 4 members (excludes halogenated alkanes) is 4. The van der Waals surface area contributed by atoms with Crippen molar-refractivity contribution in [3.8, 4) is 0 Å². The summed E-state index contributed by atoms with van der Waals surface area (Å²) in [5, 5.41) is 3.41. The Morgan fingerprint density at radius 2 is 1.86 bits per heavy atom. The van der Waals surface area contributed by atoms with Crippen molar-refractivity contribution >= 4 is 5.69 Å². The largest absolute Gasteiger partial charge is 0.385 e. The molecular weight excluding hydrogens is 170 g/mol. The van der Waals surface area contributed by atoms with Crippen LogP contribution in [-0.2, 0) is 0 Å². The Morgan fingerprint density at radius 1 is 1.07 bits per heavy atom. The van der Waals surface area contributed by atoms with Crippen LogP contribution in [0.5, 0.6) is 0 Å². The highest BCUT2D eigenvalue weighted by Gasteiger charge is 1.90. The van der Waals surface area contributed by atoms with Crippen molar-refractivity contribution in [2.45, 2.75) is 32.6 Å². The minimum Gasteiger partial charge on any atom is -0.385 e. The Kier molecular flexibility index (Phi) is 5.89. The summed E-state index contributed by atoms with van der Waals surface area (Å²) in [5.41, 5.74) is 1.23. The van der Waals surface area contributed by atoms with Crippen LogP contribution in [-0.4, -0.2) is 6.54 Å². The summed E-state index contributed by atoms with van der Waals surface area (Å²) in [6, 6.07) is 10.4. The van der Waals surface area contributed by atoms with E-state index in [-0.39, 0.29) is 0 Å². The molecule has 0 fully saturated rings. The molecule has 1 radical (unpaired) electrons. The predicted molar refractivity (Wildman–Crippen MR) is 63.4 cm³/mol. The quantitative estimate of drug-likeness (QED) is 0.643. The molecule has 0 saturated carbocycles. The molecule has 1 N–H and O–H groups in total. The maximum absolute atomic E-state index is 3.41. The SMILES string of the molecule is C[CH]CCCCCNc1ccccc1. The predicted octanol–water partition coefficient (Wildman–Crippen LogP) is 3.88. The maximum atomic E-state index is 3.41. The topological polar surface area (TPSA) is 12.0 Å². The Balaban J connectivity index is 1.99. The van der Waals surface area contributed by atoms with Crippen molar-refractivity contribution in [1.29, 1.82) is 0 Å². The molecule has 0 atom stereocenters. The molecule has 0 bridgehead atoms. The van der Waals surface area contributed by atoms with Crippen LogP contribution in [0.25, 0.3) is 0 Å². The average molecular weight is 190 g/mol. The van der Waals surface area contributed by atoms with Crippen molar-refractivity contribution in [3.05, 3.63) is 36.8 Å². The van der Waals surface area contributed by atoms with Crippen molar-refractivity contribution in [2.24, 2.45) is 0 Å². The number of para-hydroxylation sites is 1. The standard InChI is InChI=1S/C13H20N/c1-2-3-4-5-9-12-14-13-10-7-6-8-11-13/h2,6-8,10-11,14H,3-5,9,12H2,1H3. The van der Waals surface area contributed by atoms with Gasteiger partial charge < -0.3 is 5.32 Å². The first-order valence-corrected chi connectivity index (χ1v) is 5.50. The van der Waals surface area contributed by atoms with Crippen LogP contribution in [0.1, 0.15) is 32.6 Å². The molecule has 1 nitrogen and oxygen atoms in total. The summed E-state index contributed by atoms with van der Waals surface area (Å²) >= 11 is 0. The van der Waals surface area contributed by atoms with Crippen LogP contribution in [0.3, 0.4) is 0 Å². The molecule has 0 saturated heterocycles. The van der Waals surface area contributed by atoms with Gasteiger partial charge in [0, 0.05) is 12.2 Å². The van der Waals surface area contributed by atoms with Gasteiger partial charge in [-0.2, -0.15) is 0 Å². The zero-order chi connectivity index (χ0) is 10.1. The van der Waals surface area contributed by atoms with Gasteiger partial charge in [0.05, 0.1) is 0 Å². The van der Waals surface area contributed by atoms with Gasteiger partial charge in [0.25, 0.3) is 0 Å². The average Bonchev–Trinajstić information content (AvgIpc) is 2.25. The number of benzene rings is 1. The smallest absolute Gasteiger partial charge is 0.0340 e. The van der Waals surface area contributed by atoms with Crippen LogP contribution in [0, 0.1) is 6.42 Å². The molecule has 1 heteroatoms. The molecule has 0 spiro atoms. The van der Waals surface area contributed by atoms with Gasteiger partial charge in [-0.3, -0.25) is 0 Å². The fourth-order valence-corrected chi connectivity index (χ4v) is 1.44. The van der Waals surface area contributed by atoms with E-state index >= 15 is 0 Å². The molecule has 1 aromatic rings. The van der Waals surface area contributed by atoms with Crippen LogP contribution < -0.4 is 5.32 Å². The summed E-state index contributed by atoms with van der Waals surface area (Å²) in [7, 11) is 0. The first-order valence-electron chi connectivity index (χ1n) is 5.50. The van der Waals surface area contributed by atoms with Crippen molar-refractivity contribution in [2.75, 3.05) is 11.9 Å². The third kappa shape index (κ3) is 4.90. The second-order valence-corrected chi connectivity index (χ2v) is 3.55. The van der Waals surface area contributed by atoms with E-state index in [1.54, 1.807) is 0 Å². The van der Waals surface area contributed by atoms with Crippen molar-refractivity contribution in [1.82, 2.24) is 0 Å². The van der Waals surface area contributed by atoms with Crippen LogP contribution in [0.4, 0.5) is 5.69 Å². The van der Waals surface area contributed by atoms with E-state index in [4.69, 9.17) is 0 Å². The molecule has 0 aliphatic rings. The first kappa shape index (κ1) is 11.1. The monoisotopic (exact) mass is 190 g/mol. The second kappa shape index (κ2) is 7.43. The minimum atomic E-state index is 1.09. The maximum Gasteiger partial charge on any atom is 0.0340 e. The molecule has 0 amide bonds. The van der Waals surface area contributed by atoms with E-state index in [0.717, 1.165) is 6.54 Å². The Bertz CT molecular complexity index is 218. The van der Waals surface area contributed by atoms with Crippen LogP contribution in [0.15, 0.2) is 30.3 Å². The lowest BCUT2D eigenvalue weighted by Crippen LogP contribution is -2.00. The highest BCUT2D eigenvalue weighted by atomic mass is 14.9. The molecule has 0 aliphatic carbocycles. The van der Waals surface area contributed by atoms with E-state index in [1.807, 2.05) is 6.07 Å². The van der Waals surface area contributed by atoms with Crippen molar-refractivity contribution in [3.63, 3.8) is 0 Å². The highest BCUT2D eigenvalue weighted by molar-refractivity contribution is 5.42. The van der Waals surface area contributed by atoms with Gasteiger partial charge in [0.15, 0.2) is 0 Å². The lowest BCUT2D eigenvalue weighted by molar-refractivity contribution is 0.693. The van der Waals surface area contributed by atoms with Gasteiger partial charge in [-0.15, -0.1) is 0 Å². The van der Waals surface area contributed by atoms with Gasteiger partial charge in [0.2, 0.25) is 0 Å². The Labute approximate surface area is 87.5 Å². The molecule has 0 unspecified atom stereocenters. The number of hydrogen-bond acceptors (Lipinski definition) is 1. The van der Waals surface area contributed by atoms with Gasteiger partial charge in [-0.1, -0.05) is 44.4 Å². The molecule has 1 rings (SSSR count). The van der Waals surface area contributed by atoms with Gasteiger partial charge in [0.1, 0.15) is 0 Å². The minimum absolute atomic E-state index is 1.09. The fourth-order valence-electron chi connectivity index (χ4n) is 1.44. The first-order chi connectivity index (χ1) is 6.93. The second-order valence-electron chi connectivity index (χ2n) is 3.55. The Hall–Kier alpha value is -0.980.